The Morgan fingerprint density at radius 2 is 1.63 bits per heavy atom. The van der Waals surface area contributed by atoms with Crippen molar-refractivity contribution in [1.29, 1.82) is 0 Å². The van der Waals surface area contributed by atoms with Crippen LogP contribution in [0.4, 0.5) is 0 Å². The van der Waals surface area contributed by atoms with Crippen molar-refractivity contribution in [2.45, 2.75) is 58.3 Å². The molecule has 1 aliphatic rings. The first-order chi connectivity index (χ1) is 16.7. The molecule has 7 nitrogen and oxygen atoms in total. The molecule has 4 unspecified atom stereocenters. The normalized spacial score (nSPS) is 18.7. The number of amides is 3. The van der Waals surface area contributed by atoms with Crippen LogP contribution in [-0.4, -0.2) is 40.7 Å². The minimum absolute atomic E-state index is 0.0514. The smallest absolute Gasteiger partial charge is 0.246 e. The number of nitrogens with zero attached hydrogens (tertiary/aromatic N) is 1. The highest BCUT2D eigenvalue weighted by Gasteiger charge is 2.33. The van der Waals surface area contributed by atoms with Gasteiger partial charge in [0.1, 0.15) is 18.4 Å². The Morgan fingerprint density at radius 1 is 1.00 bits per heavy atom. The number of carbonyl (C=O) groups excluding carboxylic acids is 3. The fourth-order valence-corrected chi connectivity index (χ4v) is 3.99. The van der Waals surface area contributed by atoms with E-state index in [2.05, 4.69) is 5.32 Å². The van der Waals surface area contributed by atoms with E-state index < -0.39 is 23.8 Å². The van der Waals surface area contributed by atoms with Crippen LogP contribution >= 0.6 is 0 Å². The summed E-state index contributed by atoms with van der Waals surface area (Å²) in [5.74, 6) is -0.747. The summed E-state index contributed by atoms with van der Waals surface area (Å²) < 4.78 is 5.85. The lowest BCUT2D eigenvalue weighted by Crippen LogP contribution is -2.52. The van der Waals surface area contributed by atoms with E-state index in [1.54, 1.807) is 11.8 Å². The standard InChI is InChI=1S/C28H34N3O4/c1-19(27(29)33)9-16-26(32)30-25(28(34)31-20(2)10-11-21(31)3)17-22-12-14-24(15-13-22)35-18-23-7-5-4-6-8-23/h4-8,10-16,19-21,25H,9,17-18H2,1-3H3,(H2,29,33)(H,30,32). The van der Waals surface area contributed by atoms with E-state index >= 15 is 0 Å². The predicted molar refractivity (Wildman–Crippen MR) is 135 cm³/mol. The van der Waals surface area contributed by atoms with Gasteiger partial charge in [-0.05, 0) is 43.5 Å². The van der Waals surface area contributed by atoms with Crippen LogP contribution in [0.5, 0.6) is 5.75 Å². The summed E-state index contributed by atoms with van der Waals surface area (Å²) in [4.78, 5) is 39.1. The Morgan fingerprint density at radius 3 is 2.23 bits per heavy atom. The molecule has 2 aromatic carbocycles. The molecule has 0 saturated carbocycles. The minimum atomic E-state index is -0.747. The number of primary amides is 1. The average molecular weight is 477 g/mol. The van der Waals surface area contributed by atoms with Crippen LogP contribution in [0.3, 0.4) is 0 Å². The lowest BCUT2D eigenvalue weighted by Gasteiger charge is -2.31. The molecule has 0 saturated heterocycles. The Bertz CT molecular complexity index is 1020. The number of rotatable bonds is 11. The fraction of sp³-hybridized carbons (Fsp3) is 0.357. The Hall–Kier alpha value is -3.61. The van der Waals surface area contributed by atoms with Gasteiger partial charge in [-0.1, -0.05) is 61.5 Å². The zero-order valence-corrected chi connectivity index (χ0v) is 20.5. The van der Waals surface area contributed by atoms with Gasteiger partial charge >= 0.3 is 0 Å². The van der Waals surface area contributed by atoms with Crippen molar-refractivity contribution in [2.75, 3.05) is 0 Å². The molecule has 0 spiro atoms. The molecule has 1 heterocycles. The molecule has 0 aromatic heterocycles. The lowest BCUT2D eigenvalue weighted by atomic mass is 10.0. The van der Waals surface area contributed by atoms with Gasteiger partial charge < -0.3 is 20.7 Å². The van der Waals surface area contributed by atoms with Crippen molar-refractivity contribution in [3.63, 3.8) is 0 Å². The number of hydrogen-bond donors (Lipinski definition) is 2. The van der Waals surface area contributed by atoms with Crippen molar-refractivity contribution < 1.29 is 19.1 Å². The molecule has 0 aliphatic carbocycles. The van der Waals surface area contributed by atoms with Gasteiger partial charge in [-0.3, -0.25) is 14.4 Å². The first kappa shape index (κ1) is 26.0. The first-order valence-electron chi connectivity index (χ1n) is 11.9. The summed E-state index contributed by atoms with van der Waals surface area (Å²) in [7, 11) is 0. The van der Waals surface area contributed by atoms with Crippen molar-refractivity contribution in [1.82, 2.24) is 10.2 Å². The van der Waals surface area contributed by atoms with E-state index in [1.807, 2.05) is 80.6 Å². The SMILES string of the molecule is CC(C[CH]C(=O)NC(Cc1ccc(OCc2ccccc2)cc1)C(=O)N1C(C)C=CC1C)C(N)=O. The van der Waals surface area contributed by atoms with E-state index in [4.69, 9.17) is 10.5 Å². The maximum absolute atomic E-state index is 13.4. The zero-order valence-electron chi connectivity index (χ0n) is 20.5. The monoisotopic (exact) mass is 476 g/mol. The molecule has 7 heteroatoms. The Labute approximate surface area is 207 Å². The van der Waals surface area contributed by atoms with Crippen LogP contribution in [0, 0.1) is 12.3 Å². The second-order valence-corrected chi connectivity index (χ2v) is 9.04. The van der Waals surface area contributed by atoms with E-state index in [-0.39, 0.29) is 24.4 Å². The molecule has 1 radical (unpaired) electrons. The third-order valence-corrected chi connectivity index (χ3v) is 6.17. The predicted octanol–water partition coefficient (Wildman–Crippen LogP) is 3.18. The highest BCUT2D eigenvalue weighted by molar-refractivity contribution is 5.92. The molecular weight excluding hydrogens is 442 g/mol. The molecule has 185 valence electrons. The highest BCUT2D eigenvalue weighted by atomic mass is 16.5. The molecule has 35 heavy (non-hydrogen) atoms. The van der Waals surface area contributed by atoms with Gasteiger partial charge in [0.2, 0.25) is 17.7 Å². The van der Waals surface area contributed by atoms with Crippen LogP contribution < -0.4 is 15.8 Å². The number of nitrogens with two attached hydrogens (primary N) is 1. The lowest BCUT2D eigenvalue weighted by molar-refractivity contribution is -0.137. The fourth-order valence-electron chi connectivity index (χ4n) is 3.99. The van der Waals surface area contributed by atoms with Crippen molar-refractivity contribution in [2.24, 2.45) is 11.7 Å². The zero-order chi connectivity index (χ0) is 25.4. The number of carbonyl (C=O) groups is 3. The highest BCUT2D eigenvalue weighted by Crippen LogP contribution is 2.20. The van der Waals surface area contributed by atoms with E-state index in [0.29, 0.717) is 13.0 Å². The molecule has 2 aromatic rings. The van der Waals surface area contributed by atoms with Crippen LogP contribution in [-0.2, 0) is 27.4 Å². The molecule has 0 bridgehead atoms. The second-order valence-electron chi connectivity index (χ2n) is 9.04. The molecule has 0 fully saturated rings. The quantitative estimate of drug-likeness (QED) is 0.486. The molecule has 4 atom stereocenters. The molecule has 3 amide bonds. The topological polar surface area (TPSA) is 102 Å². The summed E-state index contributed by atoms with van der Waals surface area (Å²) in [5.41, 5.74) is 7.26. The number of benzene rings is 2. The summed E-state index contributed by atoms with van der Waals surface area (Å²) in [6.45, 7) is 6.04. The van der Waals surface area contributed by atoms with Gasteiger partial charge in [0.25, 0.3) is 0 Å². The van der Waals surface area contributed by atoms with Crippen LogP contribution in [0.2, 0.25) is 0 Å². The van der Waals surface area contributed by atoms with Crippen molar-refractivity contribution >= 4 is 17.7 Å². The molecule has 3 rings (SSSR count). The Kier molecular flexibility index (Phi) is 9.06. The minimum Gasteiger partial charge on any atom is -0.489 e. The molecular formula is C28H34N3O4. The summed E-state index contributed by atoms with van der Waals surface area (Å²) >= 11 is 0. The average Bonchev–Trinajstić information content (AvgIpc) is 3.19. The first-order valence-corrected chi connectivity index (χ1v) is 11.9. The number of hydrogen-bond acceptors (Lipinski definition) is 4. The second kappa shape index (κ2) is 12.2. The maximum Gasteiger partial charge on any atom is 0.246 e. The van der Waals surface area contributed by atoms with Gasteiger partial charge in [-0.15, -0.1) is 0 Å². The third-order valence-electron chi connectivity index (χ3n) is 6.17. The van der Waals surface area contributed by atoms with Crippen molar-refractivity contribution in [3.05, 3.63) is 84.3 Å². The van der Waals surface area contributed by atoms with Crippen molar-refractivity contribution in [3.8, 4) is 5.75 Å². The van der Waals surface area contributed by atoms with E-state index in [9.17, 15) is 14.4 Å². The van der Waals surface area contributed by atoms with Crippen LogP contribution in [0.1, 0.15) is 38.3 Å². The largest absolute Gasteiger partial charge is 0.489 e. The van der Waals surface area contributed by atoms with Crippen LogP contribution in [0.25, 0.3) is 0 Å². The maximum atomic E-state index is 13.4. The molecule has 1 aliphatic heterocycles. The molecule has 3 N–H and O–H groups in total. The summed E-state index contributed by atoms with van der Waals surface area (Å²) in [5, 5.41) is 2.84. The number of nitrogens with one attached hydrogen (secondary N) is 1. The Balaban J connectivity index is 1.66. The van der Waals surface area contributed by atoms with Gasteiger partial charge in [-0.2, -0.15) is 0 Å². The van der Waals surface area contributed by atoms with Crippen LogP contribution in [0.15, 0.2) is 66.7 Å². The summed E-state index contributed by atoms with van der Waals surface area (Å²) in [6.07, 6.45) is 5.90. The summed E-state index contributed by atoms with van der Waals surface area (Å²) in [6, 6.07) is 16.6. The third kappa shape index (κ3) is 7.44. The number of ether oxygens (including phenoxy) is 1. The van der Waals surface area contributed by atoms with E-state index in [1.165, 1.54) is 6.42 Å². The van der Waals surface area contributed by atoms with Gasteiger partial charge in [0, 0.05) is 24.4 Å². The van der Waals surface area contributed by atoms with E-state index in [0.717, 1.165) is 16.9 Å². The van der Waals surface area contributed by atoms with Gasteiger partial charge in [0.15, 0.2) is 0 Å². The van der Waals surface area contributed by atoms with Gasteiger partial charge in [-0.25, -0.2) is 0 Å². The van der Waals surface area contributed by atoms with Gasteiger partial charge in [0.05, 0.1) is 6.42 Å².